The summed E-state index contributed by atoms with van der Waals surface area (Å²) in [7, 11) is 0. The molecule has 0 saturated carbocycles. The molecule has 1 fully saturated rings. The molecule has 3 atom stereocenters. The molecule has 0 spiro atoms. The zero-order valence-corrected chi connectivity index (χ0v) is 21.9. The molecule has 1 aliphatic heterocycles. The van der Waals surface area contributed by atoms with Crippen LogP contribution in [0, 0.1) is 3.57 Å². The first-order valence-corrected chi connectivity index (χ1v) is 12.5. The molecule has 3 unspecified atom stereocenters. The van der Waals surface area contributed by atoms with Gasteiger partial charge in [0, 0.05) is 29.9 Å². The Hall–Kier alpha value is -2.06. The van der Waals surface area contributed by atoms with Gasteiger partial charge < -0.3 is 19.7 Å². The molecular weight excluding hydrogens is 598 g/mol. The number of hydrogen-bond donors (Lipinski definition) is 2. The summed E-state index contributed by atoms with van der Waals surface area (Å²) in [6, 6.07) is 2.82. The number of ether oxygens (including phenoxy) is 1. The molecule has 6 nitrogen and oxygen atoms in total. The molecule has 4 rings (SSSR count). The molecule has 2 N–H and O–H groups in total. The molecule has 0 bridgehead atoms. The van der Waals surface area contributed by atoms with E-state index in [9.17, 15) is 27.1 Å². The third-order valence-corrected chi connectivity index (χ3v) is 7.39. The summed E-state index contributed by atoms with van der Waals surface area (Å²) in [6.45, 7) is 5.41. The number of pyridine rings is 1. The normalized spacial score (nSPS) is 23.1. The Morgan fingerprint density at radius 3 is 2.56 bits per heavy atom. The van der Waals surface area contributed by atoms with Gasteiger partial charge in [-0.25, -0.2) is 13.8 Å². The van der Waals surface area contributed by atoms with Crippen LogP contribution in [0.4, 0.5) is 22.0 Å². The van der Waals surface area contributed by atoms with E-state index >= 15 is 0 Å². The van der Waals surface area contributed by atoms with Crippen molar-refractivity contribution in [2.45, 2.75) is 69.9 Å². The van der Waals surface area contributed by atoms with Crippen LogP contribution in [-0.4, -0.2) is 38.3 Å². The van der Waals surface area contributed by atoms with E-state index in [4.69, 9.17) is 4.74 Å². The van der Waals surface area contributed by atoms with E-state index in [-0.39, 0.29) is 47.6 Å². The van der Waals surface area contributed by atoms with Crippen molar-refractivity contribution in [1.29, 1.82) is 0 Å². The van der Waals surface area contributed by atoms with E-state index < -0.39 is 29.8 Å². The number of piperidine rings is 1. The lowest BCUT2D eigenvalue weighted by molar-refractivity contribution is -0.136. The number of aliphatic hydroxyl groups is 1. The molecule has 196 valence electrons. The van der Waals surface area contributed by atoms with Crippen LogP contribution < -0.4 is 10.1 Å². The van der Waals surface area contributed by atoms with Gasteiger partial charge in [0.2, 0.25) is 0 Å². The molecule has 3 heterocycles. The number of nitrogens with one attached hydrogen (secondary N) is 1. The number of aromatic nitrogens is 3. The van der Waals surface area contributed by atoms with Crippen LogP contribution in [0.25, 0.3) is 11.0 Å². The number of alkyl halides is 5. The van der Waals surface area contributed by atoms with Crippen molar-refractivity contribution in [2.24, 2.45) is 0 Å². The average molecular weight is 624 g/mol. The minimum absolute atomic E-state index is 0.00721. The topological polar surface area (TPSA) is 72.2 Å². The van der Waals surface area contributed by atoms with Gasteiger partial charge in [0.15, 0.2) is 0 Å². The molecule has 36 heavy (non-hydrogen) atoms. The highest BCUT2D eigenvalue weighted by Gasteiger charge is 2.40. The van der Waals surface area contributed by atoms with Gasteiger partial charge in [0.25, 0.3) is 6.43 Å². The minimum Gasteiger partial charge on any atom is -0.491 e. The van der Waals surface area contributed by atoms with E-state index in [1.165, 1.54) is 29.2 Å². The van der Waals surface area contributed by atoms with Crippen molar-refractivity contribution in [2.75, 3.05) is 6.61 Å². The van der Waals surface area contributed by atoms with Crippen LogP contribution in [0.5, 0.6) is 5.75 Å². The second-order valence-corrected chi connectivity index (χ2v) is 10.5. The Labute approximate surface area is 218 Å². The first-order chi connectivity index (χ1) is 16.8. The van der Waals surface area contributed by atoms with Crippen molar-refractivity contribution in [1.82, 2.24) is 19.9 Å². The Balaban J connectivity index is 1.59. The molecule has 1 saturated heterocycles. The van der Waals surface area contributed by atoms with Crippen molar-refractivity contribution in [3.05, 3.63) is 51.1 Å². The number of halogens is 6. The third kappa shape index (κ3) is 5.30. The van der Waals surface area contributed by atoms with E-state index in [2.05, 4.69) is 15.3 Å². The molecule has 1 aliphatic rings. The maximum Gasteiger partial charge on any atom is 0.418 e. The van der Waals surface area contributed by atoms with Crippen LogP contribution in [0.1, 0.15) is 62.9 Å². The highest BCUT2D eigenvalue weighted by Crippen LogP contribution is 2.42. The van der Waals surface area contributed by atoms with Crippen LogP contribution in [-0.2, 0) is 11.8 Å². The van der Waals surface area contributed by atoms with Crippen LogP contribution in [0.2, 0.25) is 0 Å². The van der Waals surface area contributed by atoms with Gasteiger partial charge in [-0.15, -0.1) is 0 Å². The lowest BCUT2D eigenvalue weighted by Crippen LogP contribution is -2.53. The molecule has 3 aromatic rings. The van der Waals surface area contributed by atoms with E-state index in [0.717, 1.165) is 6.07 Å². The predicted molar refractivity (Wildman–Crippen MR) is 132 cm³/mol. The Kier molecular flexibility index (Phi) is 7.50. The monoisotopic (exact) mass is 624 g/mol. The van der Waals surface area contributed by atoms with E-state index in [0.29, 0.717) is 15.6 Å². The quantitative estimate of drug-likeness (QED) is 0.261. The summed E-state index contributed by atoms with van der Waals surface area (Å²) in [5.41, 5.74) is -1.94. The number of imidazole rings is 1. The van der Waals surface area contributed by atoms with Crippen molar-refractivity contribution in [3.63, 3.8) is 0 Å². The summed E-state index contributed by atoms with van der Waals surface area (Å²) < 4.78 is 75.5. The maximum absolute atomic E-state index is 14.0. The number of nitrogens with zero attached hydrogens (tertiary/aromatic N) is 3. The fourth-order valence-corrected chi connectivity index (χ4v) is 5.45. The van der Waals surface area contributed by atoms with Gasteiger partial charge in [-0.1, -0.05) is 6.07 Å². The van der Waals surface area contributed by atoms with Crippen molar-refractivity contribution < 1.29 is 31.8 Å². The molecule has 2 aromatic heterocycles. The Morgan fingerprint density at radius 1 is 1.25 bits per heavy atom. The fourth-order valence-electron chi connectivity index (χ4n) is 4.74. The lowest BCUT2D eigenvalue weighted by atomic mass is 9.79. The fraction of sp³-hybridized carbons (Fsp3) is 0.500. The first-order valence-electron chi connectivity index (χ1n) is 11.4. The van der Waals surface area contributed by atoms with Gasteiger partial charge in [0.05, 0.1) is 26.6 Å². The summed E-state index contributed by atoms with van der Waals surface area (Å²) in [5.74, 6) is 0.0518. The summed E-state index contributed by atoms with van der Waals surface area (Å²) in [6.07, 6.45) is -4.20. The molecule has 1 aromatic carbocycles. The van der Waals surface area contributed by atoms with Gasteiger partial charge in [0.1, 0.15) is 23.6 Å². The van der Waals surface area contributed by atoms with E-state index in [1.54, 1.807) is 13.8 Å². The highest BCUT2D eigenvalue weighted by atomic mass is 127. The smallest absolute Gasteiger partial charge is 0.418 e. The second-order valence-electron chi connectivity index (χ2n) is 9.46. The number of hydrogen-bond acceptors (Lipinski definition) is 5. The van der Waals surface area contributed by atoms with Gasteiger partial charge in [-0.05, 0) is 68.3 Å². The largest absolute Gasteiger partial charge is 0.491 e. The van der Waals surface area contributed by atoms with Crippen molar-refractivity contribution >= 4 is 33.6 Å². The molecule has 0 radical (unpaired) electrons. The number of rotatable bonds is 6. The zero-order chi connectivity index (χ0) is 26.4. The van der Waals surface area contributed by atoms with Crippen LogP contribution >= 0.6 is 22.6 Å². The summed E-state index contributed by atoms with van der Waals surface area (Å²) >= 11 is 1.94. The standard InChI is InChI=1S/C24H26F5IN4O2/c1-12(2)34-11-32-20-19(30)18(6-16(21(20)34)24(27,28)29)36-10-15-8-23(35,7-13(3)33-15)14-4-5-17(22(25)26)31-9-14/h4-6,9,11-13,15,22,33,35H,7-8,10H2,1-3H3. The second kappa shape index (κ2) is 10.0. The van der Waals surface area contributed by atoms with Crippen LogP contribution in [0.3, 0.4) is 0 Å². The number of fused-ring (bicyclic) bond motifs is 1. The predicted octanol–water partition coefficient (Wildman–Crippen LogP) is 5.98. The maximum atomic E-state index is 14.0. The summed E-state index contributed by atoms with van der Waals surface area (Å²) in [4.78, 5) is 7.97. The van der Waals surface area contributed by atoms with E-state index in [1.807, 2.05) is 29.5 Å². The van der Waals surface area contributed by atoms with Crippen molar-refractivity contribution in [3.8, 4) is 5.75 Å². The Morgan fingerprint density at radius 2 is 1.97 bits per heavy atom. The van der Waals surface area contributed by atoms with Gasteiger partial charge in [-0.3, -0.25) is 4.98 Å². The first kappa shape index (κ1) is 27.0. The zero-order valence-electron chi connectivity index (χ0n) is 19.8. The lowest BCUT2D eigenvalue weighted by Gasteiger charge is -2.41. The van der Waals surface area contributed by atoms with Gasteiger partial charge >= 0.3 is 6.18 Å². The summed E-state index contributed by atoms with van der Waals surface area (Å²) in [5, 5.41) is 14.6. The Bertz CT molecular complexity index is 1230. The molecule has 0 aliphatic carbocycles. The number of benzene rings is 1. The minimum atomic E-state index is -4.61. The third-order valence-electron chi connectivity index (χ3n) is 6.35. The highest BCUT2D eigenvalue weighted by molar-refractivity contribution is 14.1. The van der Waals surface area contributed by atoms with Gasteiger partial charge in [-0.2, -0.15) is 13.2 Å². The van der Waals surface area contributed by atoms with Crippen LogP contribution in [0.15, 0.2) is 30.7 Å². The molecule has 0 amide bonds. The average Bonchev–Trinajstić information content (AvgIpc) is 3.23. The molecule has 12 heteroatoms. The molecular formula is C24H26F5IN4O2. The SMILES string of the molecule is CC1CC(O)(c2ccc(C(F)F)nc2)CC(COc2cc(C(F)(F)F)c3c(ncn3C(C)C)c2I)N1.